The lowest BCUT2D eigenvalue weighted by Gasteiger charge is -2.25. The van der Waals surface area contributed by atoms with Crippen molar-refractivity contribution in [3.63, 3.8) is 0 Å². The quantitative estimate of drug-likeness (QED) is 0.338. The van der Waals surface area contributed by atoms with E-state index >= 15 is 0 Å². The molecule has 0 saturated carbocycles. The van der Waals surface area contributed by atoms with Crippen LogP contribution in [-0.2, 0) is 14.8 Å². The minimum absolute atomic E-state index is 0.0664. The summed E-state index contributed by atoms with van der Waals surface area (Å²) in [5.74, 6) is 0.486. The molecule has 0 saturated heterocycles. The zero-order chi connectivity index (χ0) is 25.6. The van der Waals surface area contributed by atoms with Gasteiger partial charge in [-0.1, -0.05) is 29.3 Å². The highest BCUT2D eigenvalue weighted by Gasteiger charge is 2.28. The Kier molecular flexibility index (Phi) is 8.37. The average Bonchev–Trinajstić information content (AvgIpc) is 2.83. The molecule has 0 bridgehead atoms. The van der Waals surface area contributed by atoms with Crippen molar-refractivity contribution >= 4 is 39.4 Å². The van der Waals surface area contributed by atoms with Crippen molar-refractivity contribution in [3.05, 3.63) is 82.4 Å². The second-order valence-electron chi connectivity index (χ2n) is 7.66. The largest absolute Gasteiger partial charge is 0.497 e. The van der Waals surface area contributed by atoms with E-state index < -0.39 is 22.5 Å². The number of ether oxygens (including phenoxy) is 2. The molecule has 0 heterocycles. The van der Waals surface area contributed by atoms with Gasteiger partial charge in [0.25, 0.3) is 15.9 Å². The summed E-state index contributed by atoms with van der Waals surface area (Å²) < 4.78 is 38.5. The number of rotatable bonds is 9. The summed E-state index contributed by atoms with van der Waals surface area (Å²) >= 11 is 6.06. The Balaban J connectivity index is 1.87. The maximum absolute atomic E-state index is 13.5. The van der Waals surface area contributed by atoms with Gasteiger partial charge in [-0.2, -0.15) is 5.10 Å². The van der Waals surface area contributed by atoms with Gasteiger partial charge in [0.2, 0.25) is 0 Å². The van der Waals surface area contributed by atoms with Crippen LogP contribution in [0.15, 0.2) is 70.7 Å². The highest BCUT2D eigenvalue weighted by Crippen LogP contribution is 2.29. The first-order valence-corrected chi connectivity index (χ1v) is 12.4. The molecule has 3 aromatic rings. The molecule has 1 amide bonds. The van der Waals surface area contributed by atoms with Crippen LogP contribution in [0.25, 0.3) is 0 Å². The van der Waals surface area contributed by atoms with Crippen LogP contribution in [0.5, 0.6) is 11.5 Å². The van der Waals surface area contributed by atoms with Crippen LogP contribution in [-0.4, -0.2) is 41.3 Å². The number of anilines is 1. The van der Waals surface area contributed by atoms with Crippen LogP contribution in [0.4, 0.5) is 5.69 Å². The highest BCUT2D eigenvalue weighted by atomic mass is 35.5. The zero-order valence-electron chi connectivity index (χ0n) is 19.8. The number of nitrogens with zero attached hydrogens (tertiary/aromatic N) is 2. The van der Waals surface area contributed by atoms with Crippen LogP contribution in [0.3, 0.4) is 0 Å². The summed E-state index contributed by atoms with van der Waals surface area (Å²) in [7, 11) is -1.00. The minimum atomic E-state index is -4.05. The zero-order valence-corrected chi connectivity index (χ0v) is 21.4. The van der Waals surface area contributed by atoms with Gasteiger partial charge in [-0.3, -0.25) is 9.10 Å². The van der Waals surface area contributed by atoms with Crippen molar-refractivity contribution in [1.29, 1.82) is 0 Å². The van der Waals surface area contributed by atoms with Crippen LogP contribution in [0, 0.1) is 13.8 Å². The number of halogens is 1. The van der Waals surface area contributed by atoms with E-state index in [-0.39, 0.29) is 4.90 Å². The Labute approximate surface area is 210 Å². The first kappa shape index (κ1) is 26.1. The monoisotopic (exact) mass is 515 g/mol. The van der Waals surface area contributed by atoms with E-state index in [1.807, 2.05) is 6.92 Å². The maximum atomic E-state index is 13.5. The summed E-state index contributed by atoms with van der Waals surface area (Å²) in [5, 5.41) is 4.43. The fourth-order valence-corrected chi connectivity index (χ4v) is 5.01. The van der Waals surface area contributed by atoms with Gasteiger partial charge in [0.15, 0.2) is 0 Å². The molecule has 0 atom stereocenters. The SMILES string of the molecule is COc1ccc(/C=N\NC(=O)CN(c2ccc(Cl)cc2C)S(=O)(=O)c2ccc(C)cc2)c(OC)c1. The van der Waals surface area contributed by atoms with Gasteiger partial charge < -0.3 is 9.47 Å². The van der Waals surface area contributed by atoms with E-state index in [0.29, 0.717) is 33.3 Å². The molecule has 0 spiro atoms. The molecular weight excluding hydrogens is 490 g/mol. The summed E-state index contributed by atoms with van der Waals surface area (Å²) in [5.41, 5.74) is 4.85. The summed E-state index contributed by atoms with van der Waals surface area (Å²) in [6.45, 7) is 3.10. The van der Waals surface area contributed by atoms with Gasteiger partial charge in [-0.15, -0.1) is 0 Å². The topological polar surface area (TPSA) is 97.3 Å². The number of sulfonamides is 1. The second-order valence-corrected chi connectivity index (χ2v) is 9.96. The third-order valence-corrected chi connectivity index (χ3v) is 7.17. The number of hydrogen-bond acceptors (Lipinski definition) is 6. The molecule has 8 nitrogen and oxygen atoms in total. The lowest BCUT2D eigenvalue weighted by atomic mass is 10.2. The molecule has 3 rings (SSSR count). The van der Waals surface area contributed by atoms with Gasteiger partial charge in [-0.05, 0) is 61.9 Å². The number of carbonyl (C=O) groups excluding carboxylic acids is 1. The fraction of sp³-hybridized carbons (Fsp3) is 0.200. The number of methoxy groups -OCH3 is 2. The van der Waals surface area contributed by atoms with Crippen molar-refractivity contribution in [3.8, 4) is 11.5 Å². The van der Waals surface area contributed by atoms with Crippen LogP contribution >= 0.6 is 11.6 Å². The number of hydrazone groups is 1. The summed E-state index contributed by atoms with van der Waals surface area (Å²) in [6.07, 6.45) is 1.41. The molecule has 1 N–H and O–H groups in total. The number of amides is 1. The smallest absolute Gasteiger partial charge is 0.264 e. The molecule has 0 unspecified atom stereocenters. The fourth-order valence-electron chi connectivity index (χ4n) is 3.30. The lowest BCUT2D eigenvalue weighted by Crippen LogP contribution is -2.40. The first-order valence-electron chi connectivity index (χ1n) is 10.5. The van der Waals surface area contributed by atoms with Gasteiger partial charge in [-0.25, -0.2) is 13.8 Å². The number of hydrogen-bond donors (Lipinski definition) is 1. The van der Waals surface area contributed by atoms with Gasteiger partial charge >= 0.3 is 0 Å². The Morgan fingerprint density at radius 1 is 1.03 bits per heavy atom. The molecule has 184 valence electrons. The number of nitrogens with one attached hydrogen (secondary N) is 1. The van der Waals surface area contributed by atoms with E-state index in [4.69, 9.17) is 21.1 Å². The third kappa shape index (κ3) is 6.32. The first-order chi connectivity index (χ1) is 16.6. The Hall–Kier alpha value is -3.56. The average molecular weight is 516 g/mol. The maximum Gasteiger partial charge on any atom is 0.264 e. The molecule has 10 heteroatoms. The molecule has 0 aliphatic heterocycles. The van der Waals surface area contributed by atoms with E-state index in [1.54, 1.807) is 62.6 Å². The molecule has 35 heavy (non-hydrogen) atoms. The van der Waals surface area contributed by atoms with Crippen LogP contribution in [0.2, 0.25) is 5.02 Å². The standard InChI is InChI=1S/C25H26ClN3O5S/c1-17-5-10-22(11-6-17)35(31,32)29(23-12-8-20(26)13-18(23)2)16-25(30)28-27-15-19-7-9-21(33-3)14-24(19)34-4/h5-15H,16H2,1-4H3,(H,28,30)/b27-15-. The Morgan fingerprint density at radius 3 is 2.37 bits per heavy atom. The van der Waals surface area contributed by atoms with E-state index in [0.717, 1.165) is 9.87 Å². The van der Waals surface area contributed by atoms with E-state index in [1.165, 1.54) is 25.5 Å². The highest BCUT2D eigenvalue weighted by molar-refractivity contribution is 7.92. The van der Waals surface area contributed by atoms with Crippen molar-refractivity contribution in [2.45, 2.75) is 18.7 Å². The number of carbonyl (C=O) groups is 1. The molecule has 0 aromatic heterocycles. The molecular formula is C25H26ClN3O5S. The van der Waals surface area contributed by atoms with Crippen molar-refractivity contribution in [2.75, 3.05) is 25.1 Å². The van der Waals surface area contributed by atoms with E-state index in [9.17, 15) is 13.2 Å². The van der Waals surface area contributed by atoms with Gasteiger partial charge in [0, 0.05) is 16.7 Å². The molecule has 3 aromatic carbocycles. The van der Waals surface area contributed by atoms with Crippen molar-refractivity contribution in [1.82, 2.24) is 5.43 Å². The summed E-state index contributed by atoms with van der Waals surface area (Å²) in [4.78, 5) is 12.8. The molecule has 0 radical (unpaired) electrons. The van der Waals surface area contributed by atoms with Crippen LogP contribution in [0.1, 0.15) is 16.7 Å². The van der Waals surface area contributed by atoms with Gasteiger partial charge in [0.1, 0.15) is 18.0 Å². The predicted molar refractivity (Wildman–Crippen MR) is 137 cm³/mol. The molecule has 0 aliphatic rings. The van der Waals surface area contributed by atoms with Crippen LogP contribution < -0.4 is 19.2 Å². The normalized spacial score (nSPS) is 11.3. The number of benzene rings is 3. The van der Waals surface area contributed by atoms with Crippen molar-refractivity contribution < 1.29 is 22.7 Å². The van der Waals surface area contributed by atoms with Gasteiger partial charge in [0.05, 0.1) is 31.0 Å². The summed E-state index contributed by atoms with van der Waals surface area (Å²) in [6, 6.07) is 16.3. The lowest BCUT2D eigenvalue weighted by molar-refractivity contribution is -0.119. The third-order valence-electron chi connectivity index (χ3n) is 5.16. The Bertz CT molecular complexity index is 1340. The van der Waals surface area contributed by atoms with E-state index in [2.05, 4.69) is 10.5 Å². The molecule has 0 aliphatic carbocycles. The number of aryl methyl sites for hydroxylation is 2. The Morgan fingerprint density at radius 2 is 1.74 bits per heavy atom. The predicted octanol–water partition coefficient (Wildman–Crippen LogP) is 4.32. The van der Waals surface area contributed by atoms with Crippen molar-refractivity contribution in [2.24, 2.45) is 5.10 Å². The second kappa shape index (κ2) is 11.2. The minimum Gasteiger partial charge on any atom is -0.497 e. The molecule has 0 fully saturated rings.